The maximum atomic E-state index is 11.3. The Labute approximate surface area is 124 Å². The van der Waals surface area contributed by atoms with Crippen LogP contribution in [-0.2, 0) is 0 Å². The van der Waals surface area contributed by atoms with E-state index < -0.39 is 0 Å². The molecular formula is C18H18O3. The van der Waals surface area contributed by atoms with Gasteiger partial charge in [0.2, 0.25) is 0 Å². The van der Waals surface area contributed by atoms with Crippen LogP contribution in [0.3, 0.4) is 0 Å². The van der Waals surface area contributed by atoms with E-state index in [4.69, 9.17) is 4.74 Å². The molecule has 0 saturated carbocycles. The molecule has 0 bridgehead atoms. The second kappa shape index (κ2) is 5.92. The molecule has 0 amide bonds. The van der Waals surface area contributed by atoms with Crippen molar-refractivity contribution < 1.29 is 14.3 Å². The van der Waals surface area contributed by atoms with Gasteiger partial charge in [-0.1, -0.05) is 0 Å². The van der Waals surface area contributed by atoms with Crippen molar-refractivity contribution in [2.45, 2.75) is 27.7 Å². The zero-order valence-electron chi connectivity index (χ0n) is 12.7. The summed E-state index contributed by atoms with van der Waals surface area (Å²) in [7, 11) is 0. The minimum atomic E-state index is 0.0339. The summed E-state index contributed by atoms with van der Waals surface area (Å²) in [5.74, 6) is 1.48. The minimum absolute atomic E-state index is 0.0339. The van der Waals surface area contributed by atoms with Crippen molar-refractivity contribution in [2.24, 2.45) is 0 Å². The van der Waals surface area contributed by atoms with Crippen LogP contribution in [0.1, 0.15) is 45.7 Å². The molecule has 0 unspecified atom stereocenters. The van der Waals surface area contributed by atoms with E-state index in [-0.39, 0.29) is 11.6 Å². The molecule has 3 nitrogen and oxygen atoms in total. The van der Waals surface area contributed by atoms with Crippen molar-refractivity contribution >= 4 is 11.6 Å². The number of ketones is 2. The van der Waals surface area contributed by atoms with E-state index in [9.17, 15) is 9.59 Å². The number of hydrogen-bond donors (Lipinski definition) is 0. The summed E-state index contributed by atoms with van der Waals surface area (Å²) in [5, 5.41) is 0. The molecular weight excluding hydrogens is 264 g/mol. The number of Topliss-reactive ketones (excluding diaryl/α,β-unsaturated/α-hetero) is 2. The summed E-state index contributed by atoms with van der Waals surface area (Å²) in [6.45, 7) is 6.89. The van der Waals surface area contributed by atoms with Crippen LogP contribution in [0, 0.1) is 13.8 Å². The fraction of sp³-hybridized carbons (Fsp3) is 0.222. The first-order valence-corrected chi connectivity index (χ1v) is 6.79. The smallest absolute Gasteiger partial charge is 0.159 e. The average molecular weight is 282 g/mol. The Morgan fingerprint density at radius 1 is 0.762 bits per heavy atom. The summed E-state index contributed by atoms with van der Waals surface area (Å²) in [6.07, 6.45) is 0. The number of hydrogen-bond acceptors (Lipinski definition) is 3. The van der Waals surface area contributed by atoms with Crippen LogP contribution < -0.4 is 4.74 Å². The van der Waals surface area contributed by atoms with Crippen LogP contribution >= 0.6 is 0 Å². The average Bonchev–Trinajstić information content (AvgIpc) is 2.42. The SMILES string of the molecule is CC(=O)c1ccc(Oc2ccc(C(C)=O)cc2C)c(C)c1. The molecule has 0 fully saturated rings. The zero-order chi connectivity index (χ0) is 15.6. The molecule has 0 aromatic heterocycles. The van der Waals surface area contributed by atoms with Crippen molar-refractivity contribution in [1.82, 2.24) is 0 Å². The highest BCUT2D eigenvalue weighted by Gasteiger charge is 2.08. The van der Waals surface area contributed by atoms with Crippen LogP contribution in [0.15, 0.2) is 36.4 Å². The van der Waals surface area contributed by atoms with Gasteiger partial charge in [-0.25, -0.2) is 0 Å². The first kappa shape index (κ1) is 15.0. The largest absolute Gasteiger partial charge is 0.457 e. The highest BCUT2D eigenvalue weighted by atomic mass is 16.5. The van der Waals surface area contributed by atoms with Crippen molar-refractivity contribution in [3.8, 4) is 11.5 Å². The predicted molar refractivity (Wildman–Crippen MR) is 82.4 cm³/mol. The molecule has 0 aliphatic heterocycles. The van der Waals surface area contributed by atoms with Gasteiger partial charge in [0.25, 0.3) is 0 Å². The van der Waals surface area contributed by atoms with Gasteiger partial charge in [-0.2, -0.15) is 0 Å². The Kier molecular flexibility index (Phi) is 4.22. The van der Waals surface area contributed by atoms with Gasteiger partial charge in [0, 0.05) is 11.1 Å². The second-order valence-electron chi connectivity index (χ2n) is 5.17. The van der Waals surface area contributed by atoms with Gasteiger partial charge in [0.05, 0.1) is 0 Å². The molecule has 2 rings (SSSR count). The lowest BCUT2D eigenvalue weighted by Gasteiger charge is -2.12. The standard InChI is InChI=1S/C18H18O3/c1-11-9-15(13(3)19)5-7-17(11)21-18-8-6-16(14(4)20)10-12(18)2/h5-10H,1-4H3. The highest BCUT2D eigenvalue weighted by molar-refractivity contribution is 5.95. The Morgan fingerprint density at radius 2 is 1.14 bits per heavy atom. The molecule has 108 valence electrons. The van der Waals surface area contributed by atoms with Crippen LogP contribution in [0.4, 0.5) is 0 Å². The van der Waals surface area contributed by atoms with Crippen molar-refractivity contribution in [2.75, 3.05) is 0 Å². The van der Waals surface area contributed by atoms with Crippen molar-refractivity contribution in [1.29, 1.82) is 0 Å². The molecule has 0 atom stereocenters. The summed E-state index contributed by atoms with van der Waals surface area (Å²) in [4.78, 5) is 22.7. The van der Waals surface area contributed by atoms with Gasteiger partial charge in [0.15, 0.2) is 11.6 Å². The lowest BCUT2D eigenvalue weighted by atomic mass is 10.1. The highest BCUT2D eigenvalue weighted by Crippen LogP contribution is 2.29. The summed E-state index contributed by atoms with van der Waals surface area (Å²) >= 11 is 0. The third kappa shape index (κ3) is 3.37. The predicted octanol–water partition coefficient (Wildman–Crippen LogP) is 4.50. The van der Waals surface area contributed by atoms with E-state index >= 15 is 0 Å². The van der Waals surface area contributed by atoms with E-state index in [1.807, 2.05) is 26.0 Å². The van der Waals surface area contributed by atoms with Gasteiger partial charge in [-0.3, -0.25) is 9.59 Å². The number of carbonyl (C=O) groups excluding carboxylic acids is 2. The molecule has 0 radical (unpaired) electrons. The third-order valence-electron chi connectivity index (χ3n) is 3.38. The molecule has 0 spiro atoms. The van der Waals surface area contributed by atoms with Gasteiger partial charge < -0.3 is 4.74 Å². The van der Waals surface area contributed by atoms with Gasteiger partial charge in [-0.05, 0) is 75.2 Å². The van der Waals surface area contributed by atoms with Crippen molar-refractivity contribution in [3.63, 3.8) is 0 Å². The number of carbonyl (C=O) groups is 2. The summed E-state index contributed by atoms with van der Waals surface area (Å²) in [6, 6.07) is 10.7. The maximum absolute atomic E-state index is 11.3. The Morgan fingerprint density at radius 3 is 1.43 bits per heavy atom. The Bertz CT molecular complexity index is 653. The topological polar surface area (TPSA) is 43.4 Å². The van der Waals surface area contributed by atoms with Crippen LogP contribution in [0.5, 0.6) is 11.5 Å². The normalized spacial score (nSPS) is 10.3. The zero-order valence-corrected chi connectivity index (χ0v) is 12.7. The first-order valence-electron chi connectivity index (χ1n) is 6.79. The van der Waals surface area contributed by atoms with E-state index in [1.165, 1.54) is 0 Å². The first-order chi connectivity index (χ1) is 9.88. The van der Waals surface area contributed by atoms with Crippen LogP contribution in [0.2, 0.25) is 0 Å². The van der Waals surface area contributed by atoms with Crippen LogP contribution in [-0.4, -0.2) is 11.6 Å². The molecule has 21 heavy (non-hydrogen) atoms. The quantitative estimate of drug-likeness (QED) is 0.775. The third-order valence-corrected chi connectivity index (χ3v) is 3.38. The molecule has 0 aliphatic rings. The second-order valence-corrected chi connectivity index (χ2v) is 5.17. The minimum Gasteiger partial charge on any atom is -0.457 e. The Balaban J connectivity index is 2.30. The monoisotopic (exact) mass is 282 g/mol. The fourth-order valence-electron chi connectivity index (χ4n) is 2.08. The van der Waals surface area contributed by atoms with E-state index in [0.29, 0.717) is 22.6 Å². The molecule has 2 aromatic carbocycles. The van der Waals surface area contributed by atoms with E-state index in [0.717, 1.165) is 11.1 Å². The lowest BCUT2D eigenvalue weighted by Crippen LogP contribution is -1.97. The lowest BCUT2D eigenvalue weighted by molar-refractivity contribution is 0.100. The number of rotatable bonds is 4. The van der Waals surface area contributed by atoms with Gasteiger partial charge >= 0.3 is 0 Å². The molecule has 0 N–H and O–H groups in total. The maximum Gasteiger partial charge on any atom is 0.159 e. The van der Waals surface area contributed by atoms with E-state index in [1.54, 1.807) is 38.1 Å². The van der Waals surface area contributed by atoms with Crippen LogP contribution in [0.25, 0.3) is 0 Å². The molecule has 0 saturated heterocycles. The molecule has 2 aromatic rings. The fourth-order valence-corrected chi connectivity index (χ4v) is 2.08. The molecule has 0 heterocycles. The van der Waals surface area contributed by atoms with E-state index in [2.05, 4.69) is 0 Å². The number of aryl methyl sites for hydroxylation is 2. The number of benzene rings is 2. The Hall–Kier alpha value is -2.42. The van der Waals surface area contributed by atoms with Gasteiger partial charge in [-0.15, -0.1) is 0 Å². The van der Waals surface area contributed by atoms with Gasteiger partial charge in [0.1, 0.15) is 11.5 Å². The van der Waals surface area contributed by atoms with Crippen molar-refractivity contribution in [3.05, 3.63) is 58.7 Å². The summed E-state index contributed by atoms with van der Waals surface area (Å²) in [5.41, 5.74) is 3.14. The number of ether oxygens (including phenoxy) is 1. The summed E-state index contributed by atoms with van der Waals surface area (Å²) < 4.78 is 5.89. The molecule has 0 aliphatic carbocycles. The molecule has 3 heteroatoms.